The molecule has 0 radical (unpaired) electrons. The summed E-state index contributed by atoms with van der Waals surface area (Å²) >= 11 is 0. The maximum Gasteiger partial charge on any atom is 0.432 e. The molecule has 47 heavy (non-hydrogen) atoms. The van der Waals surface area contributed by atoms with Crippen LogP contribution in [0, 0.1) is 0 Å². The molecule has 4 aliphatic rings. The van der Waals surface area contributed by atoms with E-state index in [1.807, 2.05) is 12.1 Å². The Balaban J connectivity index is 1.28. The molecule has 0 saturated carbocycles. The maximum absolute atomic E-state index is 13.7. The topological polar surface area (TPSA) is 144 Å². The zero-order valence-electron chi connectivity index (χ0n) is 27.3. The summed E-state index contributed by atoms with van der Waals surface area (Å²) in [7, 11) is -2.81. The summed E-state index contributed by atoms with van der Waals surface area (Å²) in [6.07, 6.45) is -0.105. The number of hydrogen-bond donors (Lipinski definition) is 4. The van der Waals surface area contributed by atoms with Crippen molar-refractivity contribution in [1.29, 1.82) is 0 Å². The van der Waals surface area contributed by atoms with Crippen LogP contribution in [0.1, 0.15) is 59.3 Å². The van der Waals surface area contributed by atoms with Gasteiger partial charge in [-0.15, -0.1) is 0 Å². The van der Waals surface area contributed by atoms with E-state index in [1.165, 1.54) is 22.6 Å². The van der Waals surface area contributed by atoms with Crippen LogP contribution >= 0.6 is 0 Å². The van der Waals surface area contributed by atoms with Crippen molar-refractivity contribution >= 4 is 30.6 Å². The molecular weight excluding hydrogens is 620 g/mol. The van der Waals surface area contributed by atoms with Gasteiger partial charge in [0.1, 0.15) is 18.4 Å². The molecule has 0 aliphatic carbocycles. The number of rotatable bonds is 8. The lowest BCUT2D eigenvalue weighted by atomic mass is 9.93. The minimum absolute atomic E-state index is 0.199. The van der Waals surface area contributed by atoms with Crippen LogP contribution in [-0.2, 0) is 23.4 Å². The Labute approximate surface area is 276 Å². The van der Waals surface area contributed by atoms with Crippen molar-refractivity contribution in [2.75, 3.05) is 13.2 Å². The molecule has 8 atom stereocenters. The molecule has 6 rings (SSSR count). The first-order valence-electron chi connectivity index (χ1n) is 16.6. The first kappa shape index (κ1) is 34.1. The van der Waals surface area contributed by atoms with Crippen molar-refractivity contribution in [3.8, 4) is 0 Å². The average molecular weight is 668 g/mol. The van der Waals surface area contributed by atoms with Gasteiger partial charge in [-0.1, -0.05) is 81.4 Å². The fraction of sp³-hybridized carbons (Fsp3) is 0.543. The number of imide groups is 1. The normalized spacial score (nSPS) is 34.9. The molecule has 2 aromatic rings. The van der Waals surface area contributed by atoms with Crippen molar-refractivity contribution in [2.24, 2.45) is 0 Å². The van der Waals surface area contributed by atoms with Crippen LogP contribution in [0.15, 0.2) is 72.9 Å². The van der Waals surface area contributed by atoms with Gasteiger partial charge < -0.3 is 29.2 Å². The number of hydrogen-bond acceptors (Lipinski definition) is 9. The predicted octanol–water partition coefficient (Wildman–Crippen LogP) is 2.37. The second-order valence-electron chi connectivity index (χ2n) is 14.2. The van der Waals surface area contributed by atoms with Gasteiger partial charge in [0.05, 0.1) is 25.4 Å². The van der Waals surface area contributed by atoms with Gasteiger partial charge in [-0.3, -0.25) is 9.53 Å². The van der Waals surface area contributed by atoms with E-state index in [0.717, 1.165) is 12.8 Å². The second-order valence-corrected chi connectivity index (χ2v) is 18.5. The van der Waals surface area contributed by atoms with Crippen LogP contribution < -0.4 is 15.7 Å². The molecule has 3 saturated heterocycles. The van der Waals surface area contributed by atoms with Gasteiger partial charge in [0.25, 0.3) is 14.2 Å². The van der Waals surface area contributed by atoms with E-state index in [0.29, 0.717) is 32.3 Å². The molecule has 3 amide bonds. The number of aliphatic hydroxyl groups is 3. The second kappa shape index (κ2) is 13.3. The van der Waals surface area contributed by atoms with Gasteiger partial charge in [0.2, 0.25) is 12.5 Å². The van der Waals surface area contributed by atoms with Crippen molar-refractivity contribution in [3.63, 3.8) is 0 Å². The van der Waals surface area contributed by atoms with E-state index in [2.05, 4.69) is 74.6 Å². The van der Waals surface area contributed by atoms with Gasteiger partial charge in [-0.25, -0.2) is 10.1 Å². The molecule has 11 nitrogen and oxygen atoms in total. The lowest BCUT2D eigenvalue weighted by Crippen LogP contribution is -2.72. The number of benzene rings is 2. The third-order valence-corrected chi connectivity index (χ3v) is 15.2. The Bertz CT molecular complexity index is 1410. The minimum atomic E-state index is -2.81. The first-order chi connectivity index (χ1) is 22.5. The molecule has 4 aliphatic heterocycles. The van der Waals surface area contributed by atoms with Crippen LogP contribution in [0.3, 0.4) is 0 Å². The Morgan fingerprint density at radius 2 is 1.55 bits per heavy atom. The number of quaternary nitrogens is 1. The Kier molecular flexibility index (Phi) is 9.62. The van der Waals surface area contributed by atoms with Crippen LogP contribution in [0.2, 0.25) is 5.04 Å². The highest BCUT2D eigenvalue weighted by Gasteiger charge is 2.64. The Morgan fingerprint density at radius 3 is 2.11 bits per heavy atom. The largest absolute Gasteiger partial charge is 0.432 e. The van der Waals surface area contributed by atoms with Gasteiger partial charge >= 0.3 is 6.03 Å². The third-order valence-electron chi connectivity index (χ3n) is 10.2. The Hall–Kier alpha value is -2.78. The maximum atomic E-state index is 13.7. The van der Waals surface area contributed by atoms with Crippen LogP contribution in [-0.4, -0.2) is 95.9 Å². The number of nitrogens with zero attached hydrogens (tertiary/aromatic N) is 1. The van der Waals surface area contributed by atoms with Crippen molar-refractivity contribution in [1.82, 2.24) is 5.32 Å². The average Bonchev–Trinajstić information content (AvgIpc) is 3.35. The molecule has 3 fully saturated rings. The fourth-order valence-electron chi connectivity index (χ4n) is 7.93. The summed E-state index contributed by atoms with van der Waals surface area (Å²) < 4.78 is 26.0. The number of nitrogens with one attached hydrogen (secondary N) is 1. The smallest absolute Gasteiger partial charge is 0.405 e. The highest BCUT2D eigenvalue weighted by Crippen LogP contribution is 2.45. The summed E-state index contributed by atoms with van der Waals surface area (Å²) in [6, 6.07) is 20.2. The highest BCUT2D eigenvalue weighted by molar-refractivity contribution is 6.99. The molecule has 4 N–H and O–H groups in total. The van der Waals surface area contributed by atoms with Crippen LogP contribution in [0.25, 0.3) is 0 Å². The van der Waals surface area contributed by atoms with Gasteiger partial charge in [-0.2, -0.15) is 4.48 Å². The van der Waals surface area contributed by atoms with Crippen LogP contribution in [0.4, 0.5) is 4.79 Å². The number of ether oxygens (including phenoxy) is 3. The molecule has 0 aromatic heterocycles. The minimum Gasteiger partial charge on any atom is -0.405 e. The molecule has 2 aromatic carbocycles. The first-order valence-corrected chi connectivity index (χ1v) is 18.5. The molecule has 0 bridgehead atoms. The van der Waals surface area contributed by atoms with Gasteiger partial charge in [0.15, 0.2) is 11.9 Å². The van der Waals surface area contributed by atoms with E-state index in [4.69, 9.17) is 18.6 Å². The molecule has 12 heteroatoms. The number of carbonyl (C=O) groups is 2. The monoisotopic (exact) mass is 667 g/mol. The summed E-state index contributed by atoms with van der Waals surface area (Å²) in [5.74, 6) is -1.63. The molecule has 254 valence electrons. The van der Waals surface area contributed by atoms with Crippen molar-refractivity contribution in [3.05, 3.63) is 72.9 Å². The van der Waals surface area contributed by atoms with E-state index < -0.39 is 67.9 Å². The van der Waals surface area contributed by atoms with E-state index in [9.17, 15) is 24.9 Å². The predicted molar refractivity (Wildman–Crippen MR) is 174 cm³/mol. The van der Waals surface area contributed by atoms with Gasteiger partial charge in [-0.05, 0) is 34.7 Å². The summed E-state index contributed by atoms with van der Waals surface area (Å²) in [4.78, 5) is 25.9. The lowest BCUT2D eigenvalue weighted by molar-refractivity contribution is -0.908. The lowest BCUT2D eigenvalue weighted by Gasteiger charge is -2.51. The zero-order valence-corrected chi connectivity index (χ0v) is 28.3. The highest BCUT2D eigenvalue weighted by atomic mass is 28.4. The molecule has 4 unspecified atom stereocenters. The third kappa shape index (κ3) is 6.04. The SMILES string of the molecule is CC(C)(C)[Si](OCC1CCCC2(CCCC([N+]3([C@@H]4O[C@H](CO)[C@@H](O)[C@H]4O)C=CC(=O)NC3=O)O2)O1)(c1ccccc1)c1ccccc1. The quantitative estimate of drug-likeness (QED) is 0.247. The summed E-state index contributed by atoms with van der Waals surface area (Å²) in [5, 5.41) is 35.9. The number of carbonyl (C=O) groups excluding carboxylic acids is 2. The number of aliphatic hydroxyl groups excluding tert-OH is 3. The molecular formula is C35H47N2O9Si+. The molecule has 4 heterocycles. The van der Waals surface area contributed by atoms with Crippen molar-refractivity contribution < 1.29 is 48.0 Å². The van der Waals surface area contributed by atoms with E-state index in [1.54, 1.807) is 0 Å². The summed E-state index contributed by atoms with van der Waals surface area (Å²) in [6.45, 7) is 6.51. The fourth-order valence-corrected chi connectivity index (χ4v) is 12.5. The summed E-state index contributed by atoms with van der Waals surface area (Å²) in [5.41, 5.74) is 0. The zero-order chi connectivity index (χ0) is 33.5. The Morgan fingerprint density at radius 1 is 0.936 bits per heavy atom. The van der Waals surface area contributed by atoms with Crippen LogP contribution in [0.5, 0.6) is 0 Å². The standard InChI is InChI=1S/C35H46N2O9Si/c1-34(2,3)47(25-13-6-4-7-14-25,26-15-8-5-9-16-26)43-23-24-12-10-19-35(45-24)20-11-17-29(46-35)37(21-18-28(39)36-33(37)42)32-31(41)30(40)27(22-38)44-32/h4-9,13-16,18,21,24,27,29-32,38,40-41H,10-12,17,19-20,22-23H2,1-3H3/p+1/t24?,27-,29?,30-,31-,32-,35?,37?/m1/s1. The molecule has 1 spiro atoms. The van der Waals surface area contributed by atoms with E-state index >= 15 is 0 Å². The van der Waals surface area contributed by atoms with Crippen molar-refractivity contribution in [2.45, 2.75) is 107 Å². The van der Waals surface area contributed by atoms with Gasteiger partial charge in [0, 0.05) is 19.3 Å². The van der Waals surface area contributed by atoms with E-state index in [-0.39, 0.29) is 11.1 Å². The number of amides is 3. The number of urea groups is 1.